The van der Waals surface area contributed by atoms with Crippen molar-refractivity contribution < 1.29 is 0 Å². The summed E-state index contributed by atoms with van der Waals surface area (Å²) in [4.78, 5) is 0. The Morgan fingerprint density at radius 3 is 2.36 bits per heavy atom. The van der Waals surface area contributed by atoms with Crippen molar-refractivity contribution in [3.63, 3.8) is 0 Å². The average Bonchev–Trinajstić information content (AvgIpc) is 3.16. The smallest absolute Gasteiger partial charge is 0.194 e. The molecule has 3 nitrogen and oxygen atoms in total. The summed E-state index contributed by atoms with van der Waals surface area (Å²) in [6.45, 7) is 2.07. The molecule has 0 aliphatic carbocycles. The first-order valence-electron chi connectivity index (χ1n) is 9.15. The van der Waals surface area contributed by atoms with Gasteiger partial charge in [-0.1, -0.05) is 71.8 Å². The molecule has 3 aromatic carbocycles. The number of rotatable bonds is 3. The molecule has 5 heteroatoms. The molecule has 1 aliphatic heterocycles. The van der Waals surface area contributed by atoms with Crippen LogP contribution in [0.1, 0.15) is 29.2 Å². The lowest BCUT2D eigenvalue weighted by Gasteiger charge is -2.25. The molecule has 0 saturated carbocycles. The molecule has 0 aromatic heterocycles. The molecular weight excluding hydrogens is 386 g/mol. The Kier molecular flexibility index (Phi) is 5.42. The molecule has 0 spiro atoms. The van der Waals surface area contributed by atoms with Crippen LogP contribution in [0.25, 0.3) is 0 Å². The Hall–Kier alpha value is -2.69. The van der Waals surface area contributed by atoms with Crippen molar-refractivity contribution in [1.82, 2.24) is 5.01 Å². The second-order valence-corrected chi connectivity index (χ2v) is 7.65. The SMILES string of the molecule is Cc1ccc(NC(=S)N2N=C(c3ccc(Cl)cc3)CC2c2ccccc2)cc1. The lowest BCUT2D eigenvalue weighted by atomic mass is 9.99. The summed E-state index contributed by atoms with van der Waals surface area (Å²) in [5.41, 5.74) is 5.41. The quantitative estimate of drug-likeness (QED) is 0.526. The zero-order valence-corrected chi connectivity index (χ0v) is 17.0. The van der Waals surface area contributed by atoms with E-state index in [0.29, 0.717) is 5.11 Å². The highest BCUT2D eigenvalue weighted by Gasteiger charge is 2.31. The molecule has 1 unspecified atom stereocenters. The minimum Gasteiger partial charge on any atom is -0.331 e. The van der Waals surface area contributed by atoms with Gasteiger partial charge < -0.3 is 5.32 Å². The van der Waals surface area contributed by atoms with Gasteiger partial charge in [-0.25, -0.2) is 5.01 Å². The third-order valence-corrected chi connectivity index (χ3v) is 5.32. The van der Waals surface area contributed by atoms with Crippen molar-refractivity contribution in [3.05, 3.63) is 101 Å². The summed E-state index contributed by atoms with van der Waals surface area (Å²) in [5, 5.41) is 11.4. The molecule has 3 aromatic rings. The van der Waals surface area contributed by atoms with Crippen molar-refractivity contribution in [2.45, 2.75) is 19.4 Å². The summed E-state index contributed by atoms with van der Waals surface area (Å²) in [6, 6.07) is 26.4. The lowest BCUT2D eigenvalue weighted by molar-refractivity contribution is 0.375. The number of nitrogens with one attached hydrogen (secondary N) is 1. The summed E-state index contributed by atoms with van der Waals surface area (Å²) in [7, 11) is 0. The maximum absolute atomic E-state index is 6.04. The van der Waals surface area contributed by atoms with Crippen LogP contribution in [-0.2, 0) is 0 Å². The molecule has 1 aliphatic rings. The second kappa shape index (κ2) is 8.13. The second-order valence-electron chi connectivity index (χ2n) is 6.82. The number of halogens is 1. The minimum atomic E-state index is 0.0531. The van der Waals surface area contributed by atoms with Crippen LogP contribution < -0.4 is 5.32 Å². The predicted molar refractivity (Wildman–Crippen MR) is 121 cm³/mol. The minimum absolute atomic E-state index is 0.0531. The van der Waals surface area contributed by atoms with Crippen LogP contribution in [0.4, 0.5) is 5.69 Å². The van der Waals surface area contributed by atoms with Gasteiger partial charge in [0.25, 0.3) is 0 Å². The number of hydrogen-bond donors (Lipinski definition) is 1. The van der Waals surface area contributed by atoms with Crippen LogP contribution >= 0.6 is 23.8 Å². The third kappa shape index (κ3) is 4.08. The van der Waals surface area contributed by atoms with Crippen LogP contribution in [0, 0.1) is 6.92 Å². The largest absolute Gasteiger partial charge is 0.331 e. The normalized spacial score (nSPS) is 16.0. The third-order valence-electron chi connectivity index (χ3n) is 4.78. The van der Waals surface area contributed by atoms with Crippen LogP contribution in [0.15, 0.2) is 84.0 Å². The van der Waals surface area contributed by atoms with E-state index in [4.69, 9.17) is 28.9 Å². The molecule has 4 rings (SSSR count). The fraction of sp³-hybridized carbons (Fsp3) is 0.130. The van der Waals surface area contributed by atoms with Gasteiger partial charge in [-0.3, -0.25) is 0 Å². The van der Waals surface area contributed by atoms with Gasteiger partial charge in [0, 0.05) is 17.1 Å². The van der Waals surface area contributed by atoms with Gasteiger partial charge >= 0.3 is 0 Å². The van der Waals surface area contributed by atoms with Crippen LogP contribution in [0.5, 0.6) is 0 Å². The predicted octanol–water partition coefficient (Wildman–Crippen LogP) is 6.20. The highest BCUT2D eigenvalue weighted by molar-refractivity contribution is 7.80. The molecule has 140 valence electrons. The number of aryl methyl sites for hydroxylation is 1. The molecular formula is C23H20ClN3S. The van der Waals surface area contributed by atoms with Gasteiger partial charge in [-0.15, -0.1) is 0 Å². The summed E-state index contributed by atoms with van der Waals surface area (Å²) >= 11 is 11.8. The number of benzene rings is 3. The van der Waals surface area contributed by atoms with E-state index in [-0.39, 0.29) is 6.04 Å². The van der Waals surface area contributed by atoms with E-state index in [1.165, 1.54) is 11.1 Å². The highest BCUT2D eigenvalue weighted by atomic mass is 35.5. The number of hydrogen-bond acceptors (Lipinski definition) is 2. The van der Waals surface area contributed by atoms with Crippen molar-refractivity contribution in [3.8, 4) is 0 Å². The number of thiocarbonyl (C=S) groups is 1. The van der Waals surface area contributed by atoms with E-state index in [9.17, 15) is 0 Å². The van der Waals surface area contributed by atoms with E-state index < -0.39 is 0 Å². The maximum Gasteiger partial charge on any atom is 0.194 e. The molecule has 0 amide bonds. The van der Waals surface area contributed by atoms with E-state index in [1.54, 1.807) is 0 Å². The fourth-order valence-corrected chi connectivity index (χ4v) is 3.68. The van der Waals surface area contributed by atoms with E-state index in [1.807, 2.05) is 59.6 Å². The summed E-state index contributed by atoms with van der Waals surface area (Å²) in [5.74, 6) is 0. The van der Waals surface area contributed by atoms with Crippen molar-refractivity contribution in [2.24, 2.45) is 5.10 Å². The van der Waals surface area contributed by atoms with E-state index >= 15 is 0 Å². The molecule has 0 radical (unpaired) electrons. The van der Waals surface area contributed by atoms with Crippen LogP contribution in [0.3, 0.4) is 0 Å². The molecule has 0 bridgehead atoms. The summed E-state index contributed by atoms with van der Waals surface area (Å²) in [6.07, 6.45) is 0.779. The number of anilines is 1. The first kappa shape index (κ1) is 18.7. The number of hydrazone groups is 1. The average molecular weight is 406 g/mol. The summed E-state index contributed by atoms with van der Waals surface area (Å²) < 4.78 is 0. The van der Waals surface area contributed by atoms with Crippen molar-refractivity contribution in [2.75, 3.05) is 5.32 Å². The van der Waals surface area contributed by atoms with E-state index in [2.05, 4.69) is 36.5 Å². The zero-order chi connectivity index (χ0) is 19.5. The Morgan fingerprint density at radius 1 is 1.00 bits per heavy atom. The number of nitrogens with zero attached hydrogens (tertiary/aromatic N) is 2. The lowest BCUT2D eigenvalue weighted by Crippen LogP contribution is -2.31. The van der Waals surface area contributed by atoms with Gasteiger partial charge in [-0.05, 0) is 54.5 Å². The molecule has 1 heterocycles. The van der Waals surface area contributed by atoms with E-state index in [0.717, 1.165) is 28.4 Å². The first-order chi connectivity index (χ1) is 13.6. The zero-order valence-electron chi connectivity index (χ0n) is 15.5. The monoisotopic (exact) mass is 405 g/mol. The van der Waals surface area contributed by atoms with Gasteiger partial charge in [0.1, 0.15) is 0 Å². The molecule has 1 atom stereocenters. The molecule has 0 saturated heterocycles. The Labute approximate surface area is 175 Å². The first-order valence-corrected chi connectivity index (χ1v) is 9.94. The Balaban J connectivity index is 1.63. The fourth-order valence-electron chi connectivity index (χ4n) is 3.27. The van der Waals surface area contributed by atoms with Gasteiger partial charge in [0.2, 0.25) is 0 Å². The highest BCUT2D eigenvalue weighted by Crippen LogP contribution is 2.33. The van der Waals surface area contributed by atoms with Crippen molar-refractivity contribution in [1.29, 1.82) is 0 Å². The van der Waals surface area contributed by atoms with Crippen LogP contribution in [0.2, 0.25) is 5.02 Å². The topological polar surface area (TPSA) is 27.6 Å². The molecule has 28 heavy (non-hydrogen) atoms. The molecule has 1 N–H and O–H groups in total. The molecule has 0 fully saturated rings. The van der Waals surface area contributed by atoms with Gasteiger partial charge in [-0.2, -0.15) is 5.10 Å². The van der Waals surface area contributed by atoms with Gasteiger partial charge in [0.05, 0.1) is 11.8 Å². The van der Waals surface area contributed by atoms with Crippen LogP contribution in [-0.4, -0.2) is 15.8 Å². The standard InChI is InChI=1S/C23H20ClN3S/c1-16-7-13-20(14-8-16)25-23(28)27-22(18-5-3-2-4-6-18)15-21(26-27)17-9-11-19(24)12-10-17/h2-14,22H,15H2,1H3,(H,25,28). The Morgan fingerprint density at radius 2 is 1.68 bits per heavy atom. The maximum atomic E-state index is 6.04. The van der Waals surface area contributed by atoms with Gasteiger partial charge in [0.15, 0.2) is 5.11 Å². The Bertz CT molecular complexity index is 998. The van der Waals surface area contributed by atoms with Crippen molar-refractivity contribution >= 4 is 40.3 Å².